The van der Waals surface area contributed by atoms with Crippen LogP contribution in [0, 0.1) is 12.8 Å². The van der Waals surface area contributed by atoms with Crippen LogP contribution in [0.4, 0.5) is 16.2 Å². The van der Waals surface area contributed by atoms with Gasteiger partial charge in [-0.1, -0.05) is 6.92 Å². The molecule has 2 rings (SSSR count). The summed E-state index contributed by atoms with van der Waals surface area (Å²) in [4.78, 5) is 16.6. The number of urea groups is 1. The number of nitrogens with one attached hydrogen (secondary N) is 1. The van der Waals surface area contributed by atoms with Gasteiger partial charge < -0.3 is 15.1 Å². The van der Waals surface area contributed by atoms with Gasteiger partial charge in [-0.3, -0.25) is 0 Å². The van der Waals surface area contributed by atoms with Crippen LogP contribution in [0.1, 0.15) is 39.2 Å². The van der Waals surface area contributed by atoms with Crippen LogP contribution >= 0.6 is 0 Å². The Bertz CT molecular complexity index is 511. The number of likely N-dealkylation sites (tertiary alicyclic amines) is 1. The third kappa shape index (κ3) is 3.93. The Balaban J connectivity index is 2.05. The van der Waals surface area contributed by atoms with Gasteiger partial charge in [0.1, 0.15) is 0 Å². The van der Waals surface area contributed by atoms with Crippen LogP contribution in [0.25, 0.3) is 0 Å². The number of piperidine rings is 1. The molecule has 0 saturated carbocycles. The summed E-state index contributed by atoms with van der Waals surface area (Å²) < 4.78 is 0. The summed E-state index contributed by atoms with van der Waals surface area (Å²) in [6.07, 6.45) is 2.33. The first-order valence-electron chi connectivity index (χ1n) is 8.46. The molecule has 0 aliphatic carbocycles. The van der Waals surface area contributed by atoms with Crippen molar-refractivity contribution in [3.8, 4) is 0 Å². The molecule has 1 N–H and O–H groups in total. The highest BCUT2D eigenvalue weighted by atomic mass is 16.2. The smallest absolute Gasteiger partial charge is 0.321 e. The molecule has 1 saturated heterocycles. The zero-order valence-corrected chi connectivity index (χ0v) is 14.4. The molecular formula is C18H29N3O. The lowest BCUT2D eigenvalue weighted by molar-refractivity contribution is 0.182. The molecule has 1 unspecified atom stereocenters. The number of anilines is 2. The first-order valence-corrected chi connectivity index (χ1v) is 8.46. The van der Waals surface area contributed by atoms with E-state index in [0.717, 1.165) is 43.9 Å². The van der Waals surface area contributed by atoms with Crippen molar-refractivity contribution in [3.05, 3.63) is 23.8 Å². The predicted molar refractivity (Wildman–Crippen MR) is 93.7 cm³/mol. The van der Waals surface area contributed by atoms with E-state index >= 15 is 0 Å². The van der Waals surface area contributed by atoms with Crippen molar-refractivity contribution in [2.24, 2.45) is 5.92 Å². The van der Waals surface area contributed by atoms with Crippen LogP contribution in [0.2, 0.25) is 0 Å². The van der Waals surface area contributed by atoms with Crippen molar-refractivity contribution in [1.29, 1.82) is 0 Å². The monoisotopic (exact) mass is 303 g/mol. The molecule has 0 spiro atoms. The molecule has 0 radical (unpaired) electrons. The van der Waals surface area contributed by atoms with Crippen LogP contribution in [0.3, 0.4) is 0 Å². The molecule has 1 aromatic carbocycles. The maximum absolute atomic E-state index is 12.4. The van der Waals surface area contributed by atoms with Gasteiger partial charge in [-0.15, -0.1) is 0 Å². The highest BCUT2D eigenvalue weighted by molar-refractivity contribution is 5.90. The second kappa shape index (κ2) is 7.52. The number of hydrogen-bond donors (Lipinski definition) is 1. The molecule has 2 amide bonds. The van der Waals surface area contributed by atoms with E-state index in [1.165, 1.54) is 12.1 Å². The standard InChI is InChI=1S/C18H29N3O/c1-5-20(6-2)16-9-10-17(15(4)12-16)19-18(22)21-11-7-8-14(3)13-21/h9-10,12,14H,5-8,11,13H2,1-4H3,(H,19,22). The zero-order chi connectivity index (χ0) is 16.1. The molecule has 122 valence electrons. The fourth-order valence-electron chi connectivity index (χ4n) is 3.14. The summed E-state index contributed by atoms with van der Waals surface area (Å²) >= 11 is 0. The number of amides is 2. The molecule has 0 aromatic heterocycles. The molecule has 1 aromatic rings. The molecule has 4 heteroatoms. The highest BCUT2D eigenvalue weighted by Gasteiger charge is 2.21. The number of aryl methyl sites for hydroxylation is 1. The second-order valence-corrected chi connectivity index (χ2v) is 6.30. The van der Waals surface area contributed by atoms with Crippen molar-refractivity contribution in [1.82, 2.24) is 4.90 Å². The first-order chi connectivity index (χ1) is 10.5. The van der Waals surface area contributed by atoms with Crippen molar-refractivity contribution in [3.63, 3.8) is 0 Å². The lowest BCUT2D eigenvalue weighted by Gasteiger charge is -2.31. The Morgan fingerprint density at radius 3 is 2.68 bits per heavy atom. The number of hydrogen-bond acceptors (Lipinski definition) is 2. The highest BCUT2D eigenvalue weighted by Crippen LogP contribution is 2.24. The van der Waals surface area contributed by atoms with Crippen LogP contribution in [-0.2, 0) is 0 Å². The Labute approximate surface area is 134 Å². The molecule has 1 aliphatic heterocycles. The molecule has 4 nitrogen and oxygen atoms in total. The first kappa shape index (κ1) is 16.7. The van der Waals surface area contributed by atoms with E-state index < -0.39 is 0 Å². The maximum atomic E-state index is 12.4. The summed E-state index contributed by atoms with van der Waals surface area (Å²) in [5, 5.41) is 3.07. The van der Waals surface area contributed by atoms with Crippen LogP contribution in [0.15, 0.2) is 18.2 Å². The van der Waals surface area contributed by atoms with E-state index in [4.69, 9.17) is 0 Å². The van der Waals surface area contributed by atoms with Crippen molar-refractivity contribution in [2.45, 2.75) is 40.5 Å². The van der Waals surface area contributed by atoms with Gasteiger partial charge in [-0.05, 0) is 63.3 Å². The Hall–Kier alpha value is -1.71. The minimum Gasteiger partial charge on any atom is -0.372 e. The second-order valence-electron chi connectivity index (χ2n) is 6.30. The molecule has 0 bridgehead atoms. The lowest BCUT2D eigenvalue weighted by atomic mass is 10.0. The third-order valence-electron chi connectivity index (χ3n) is 4.52. The molecule has 22 heavy (non-hydrogen) atoms. The zero-order valence-electron chi connectivity index (χ0n) is 14.4. The summed E-state index contributed by atoms with van der Waals surface area (Å²) in [5.74, 6) is 0.602. The van der Waals surface area contributed by atoms with Crippen LogP contribution in [0.5, 0.6) is 0 Å². The van der Waals surface area contributed by atoms with Gasteiger partial charge in [-0.25, -0.2) is 4.79 Å². The van der Waals surface area contributed by atoms with E-state index in [9.17, 15) is 4.79 Å². The Morgan fingerprint density at radius 2 is 2.09 bits per heavy atom. The predicted octanol–water partition coefficient (Wildman–Crippen LogP) is 4.11. The van der Waals surface area contributed by atoms with Gasteiger partial charge >= 0.3 is 6.03 Å². The van der Waals surface area contributed by atoms with E-state index in [1.54, 1.807) is 0 Å². The van der Waals surface area contributed by atoms with Gasteiger partial charge in [0.2, 0.25) is 0 Å². The van der Waals surface area contributed by atoms with E-state index in [2.05, 4.69) is 50.0 Å². The Kier molecular flexibility index (Phi) is 5.69. The number of carbonyl (C=O) groups excluding carboxylic acids is 1. The molecule has 1 atom stereocenters. The van der Waals surface area contributed by atoms with Gasteiger partial charge in [0, 0.05) is 37.6 Å². The number of benzene rings is 1. The van der Waals surface area contributed by atoms with E-state index in [-0.39, 0.29) is 6.03 Å². The number of nitrogens with zero attached hydrogens (tertiary/aromatic N) is 2. The topological polar surface area (TPSA) is 35.6 Å². The van der Waals surface area contributed by atoms with Crippen molar-refractivity contribution >= 4 is 17.4 Å². The minimum atomic E-state index is 0.0326. The SMILES string of the molecule is CCN(CC)c1ccc(NC(=O)N2CCCC(C)C2)c(C)c1. The summed E-state index contributed by atoms with van der Waals surface area (Å²) in [6, 6.07) is 6.30. The summed E-state index contributed by atoms with van der Waals surface area (Å²) in [7, 11) is 0. The average molecular weight is 303 g/mol. The average Bonchev–Trinajstić information content (AvgIpc) is 2.51. The van der Waals surface area contributed by atoms with Crippen molar-refractivity contribution in [2.75, 3.05) is 36.4 Å². The normalized spacial score (nSPS) is 18.2. The van der Waals surface area contributed by atoms with Gasteiger partial charge in [-0.2, -0.15) is 0 Å². The van der Waals surface area contributed by atoms with Crippen LogP contribution in [-0.4, -0.2) is 37.1 Å². The summed E-state index contributed by atoms with van der Waals surface area (Å²) in [6.45, 7) is 12.3. The maximum Gasteiger partial charge on any atom is 0.321 e. The quantitative estimate of drug-likeness (QED) is 0.908. The number of rotatable bonds is 4. The molecule has 1 heterocycles. The third-order valence-corrected chi connectivity index (χ3v) is 4.52. The van der Waals surface area contributed by atoms with Crippen molar-refractivity contribution < 1.29 is 4.79 Å². The molecule has 1 fully saturated rings. The lowest BCUT2D eigenvalue weighted by Crippen LogP contribution is -2.41. The van der Waals surface area contributed by atoms with Gasteiger partial charge in [0.15, 0.2) is 0 Å². The van der Waals surface area contributed by atoms with E-state index in [1.807, 2.05) is 11.0 Å². The minimum absolute atomic E-state index is 0.0326. The largest absolute Gasteiger partial charge is 0.372 e. The number of carbonyl (C=O) groups is 1. The molecule has 1 aliphatic rings. The fraction of sp³-hybridized carbons (Fsp3) is 0.611. The van der Waals surface area contributed by atoms with Gasteiger partial charge in [0.25, 0.3) is 0 Å². The fourth-order valence-corrected chi connectivity index (χ4v) is 3.14. The van der Waals surface area contributed by atoms with Crippen LogP contribution < -0.4 is 10.2 Å². The molecular weight excluding hydrogens is 274 g/mol. The summed E-state index contributed by atoms with van der Waals surface area (Å²) in [5.41, 5.74) is 3.24. The van der Waals surface area contributed by atoms with Gasteiger partial charge in [0.05, 0.1) is 0 Å². The Morgan fingerprint density at radius 1 is 1.36 bits per heavy atom. The van der Waals surface area contributed by atoms with E-state index in [0.29, 0.717) is 5.92 Å².